The van der Waals surface area contributed by atoms with Crippen LogP contribution in [0.4, 0.5) is 5.82 Å². The van der Waals surface area contributed by atoms with Crippen LogP contribution in [0, 0.1) is 0 Å². The Hall–Kier alpha value is -3.45. The SMILES string of the molecule is CC(C)n1cnc2c(NCCc3c[nH]c4ccc(Cl)cc34)nc(-c3cccnc3)nc21. The second-order valence-electron chi connectivity index (χ2n) is 7.74. The summed E-state index contributed by atoms with van der Waals surface area (Å²) < 4.78 is 2.06. The molecule has 5 aromatic rings. The maximum Gasteiger partial charge on any atom is 0.166 e. The number of rotatable bonds is 6. The lowest BCUT2D eigenvalue weighted by molar-refractivity contribution is 0.613. The number of hydrogen-bond donors (Lipinski definition) is 2. The van der Waals surface area contributed by atoms with Gasteiger partial charge in [0.1, 0.15) is 5.52 Å². The number of nitrogens with one attached hydrogen (secondary N) is 2. The predicted molar refractivity (Wildman–Crippen MR) is 124 cm³/mol. The summed E-state index contributed by atoms with van der Waals surface area (Å²) in [5.74, 6) is 1.35. The molecule has 0 amide bonds. The summed E-state index contributed by atoms with van der Waals surface area (Å²) in [4.78, 5) is 21.7. The summed E-state index contributed by atoms with van der Waals surface area (Å²) in [6, 6.07) is 9.98. The van der Waals surface area contributed by atoms with Crippen LogP contribution in [0.2, 0.25) is 5.02 Å². The van der Waals surface area contributed by atoms with Crippen LogP contribution in [0.3, 0.4) is 0 Å². The Labute approximate surface area is 184 Å². The summed E-state index contributed by atoms with van der Waals surface area (Å²) in [6.45, 7) is 4.93. The molecule has 0 bridgehead atoms. The number of benzene rings is 1. The molecule has 0 saturated carbocycles. The van der Waals surface area contributed by atoms with E-state index >= 15 is 0 Å². The van der Waals surface area contributed by atoms with Gasteiger partial charge in [0.2, 0.25) is 0 Å². The fourth-order valence-electron chi connectivity index (χ4n) is 3.71. The average molecular weight is 432 g/mol. The maximum absolute atomic E-state index is 6.18. The monoisotopic (exact) mass is 431 g/mol. The van der Waals surface area contributed by atoms with E-state index in [1.807, 2.05) is 42.9 Å². The Balaban J connectivity index is 1.47. The molecule has 0 spiro atoms. The lowest BCUT2D eigenvalue weighted by Gasteiger charge is -2.11. The first-order valence-electron chi connectivity index (χ1n) is 10.2. The van der Waals surface area contributed by atoms with E-state index in [4.69, 9.17) is 21.6 Å². The van der Waals surface area contributed by atoms with Crippen LogP contribution in [0.1, 0.15) is 25.5 Å². The van der Waals surface area contributed by atoms with Crippen LogP contribution in [0.15, 0.2) is 55.2 Å². The van der Waals surface area contributed by atoms with Crippen LogP contribution in [-0.4, -0.2) is 36.0 Å². The van der Waals surface area contributed by atoms with Crippen molar-refractivity contribution < 1.29 is 0 Å². The molecule has 0 aliphatic heterocycles. The van der Waals surface area contributed by atoms with E-state index in [0.29, 0.717) is 12.4 Å². The molecule has 5 rings (SSSR count). The first-order valence-corrected chi connectivity index (χ1v) is 10.6. The van der Waals surface area contributed by atoms with Crippen molar-refractivity contribution in [1.82, 2.24) is 29.5 Å². The van der Waals surface area contributed by atoms with E-state index in [-0.39, 0.29) is 6.04 Å². The minimum absolute atomic E-state index is 0.241. The third-order valence-corrected chi connectivity index (χ3v) is 5.55. The summed E-state index contributed by atoms with van der Waals surface area (Å²) >= 11 is 6.18. The molecule has 156 valence electrons. The first kappa shape index (κ1) is 19.5. The molecule has 31 heavy (non-hydrogen) atoms. The summed E-state index contributed by atoms with van der Waals surface area (Å²) in [5, 5.41) is 5.35. The Bertz CT molecular complexity index is 1350. The quantitative estimate of drug-likeness (QED) is 0.383. The van der Waals surface area contributed by atoms with Crippen LogP contribution in [0.5, 0.6) is 0 Å². The largest absolute Gasteiger partial charge is 0.368 e. The number of fused-ring (bicyclic) bond motifs is 2. The van der Waals surface area contributed by atoms with Crippen molar-refractivity contribution in [3.05, 3.63) is 65.8 Å². The van der Waals surface area contributed by atoms with Crippen molar-refractivity contribution in [1.29, 1.82) is 0 Å². The smallest absolute Gasteiger partial charge is 0.166 e. The fourth-order valence-corrected chi connectivity index (χ4v) is 3.89. The Morgan fingerprint density at radius 2 is 2.10 bits per heavy atom. The van der Waals surface area contributed by atoms with Crippen molar-refractivity contribution in [2.75, 3.05) is 11.9 Å². The van der Waals surface area contributed by atoms with E-state index < -0.39 is 0 Å². The van der Waals surface area contributed by atoms with Gasteiger partial charge in [0.25, 0.3) is 0 Å². The molecular weight excluding hydrogens is 410 g/mol. The van der Waals surface area contributed by atoms with Crippen molar-refractivity contribution in [2.45, 2.75) is 26.3 Å². The average Bonchev–Trinajstić information content (AvgIpc) is 3.38. The normalized spacial score (nSPS) is 11.6. The van der Waals surface area contributed by atoms with Crippen LogP contribution >= 0.6 is 11.6 Å². The summed E-state index contributed by atoms with van der Waals surface area (Å²) in [5.41, 5.74) is 4.73. The standard InChI is InChI=1S/C23H22ClN7/c1-14(2)31-13-28-20-22(29-21(30-23(20)31)16-4-3-8-25-11-16)26-9-7-15-12-27-19-6-5-17(24)10-18(15)19/h3-6,8,10-14,27H,7,9H2,1-2H3,(H,26,29,30). The van der Waals surface area contributed by atoms with E-state index in [0.717, 1.165) is 44.9 Å². The van der Waals surface area contributed by atoms with Gasteiger partial charge in [-0.2, -0.15) is 0 Å². The van der Waals surface area contributed by atoms with Gasteiger partial charge in [-0.1, -0.05) is 11.6 Å². The van der Waals surface area contributed by atoms with Gasteiger partial charge in [0.05, 0.1) is 6.33 Å². The van der Waals surface area contributed by atoms with E-state index in [2.05, 4.69) is 38.7 Å². The van der Waals surface area contributed by atoms with Gasteiger partial charge < -0.3 is 14.9 Å². The lowest BCUT2D eigenvalue weighted by atomic mass is 10.1. The topological polar surface area (TPSA) is 84.3 Å². The minimum atomic E-state index is 0.241. The van der Waals surface area contributed by atoms with Gasteiger partial charge in [0, 0.05) is 52.7 Å². The zero-order valence-corrected chi connectivity index (χ0v) is 18.1. The highest BCUT2D eigenvalue weighted by molar-refractivity contribution is 6.31. The number of anilines is 1. The number of hydrogen-bond acceptors (Lipinski definition) is 5. The maximum atomic E-state index is 6.18. The van der Waals surface area contributed by atoms with Crippen molar-refractivity contribution in [3.8, 4) is 11.4 Å². The van der Waals surface area contributed by atoms with Crippen molar-refractivity contribution in [2.24, 2.45) is 0 Å². The Morgan fingerprint density at radius 3 is 2.90 bits per heavy atom. The number of pyridine rings is 1. The van der Waals surface area contributed by atoms with Crippen molar-refractivity contribution in [3.63, 3.8) is 0 Å². The molecule has 2 N–H and O–H groups in total. The molecule has 0 saturated heterocycles. The van der Waals surface area contributed by atoms with Gasteiger partial charge in [-0.05, 0) is 56.2 Å². The second-order valence-corrected chi connectivity index (χ2v) is 8.17. The van der Waals surface area contributed by atoms with Crippen molar-refractivity contribution >= 4 is 39.5 Å². The molecule has 0 unspecified atom stereocenters. The second kappa shape index (κ2) is 8.00. The summed E-state index contributed by atoms with van der Waals surface area (Å²) in [7, 11) is 0. The molecule has 1 aromatic carbocycles. The molecule has 0 aliphatic carbocycles. The molecule has 7 nitrogen and oxygen atoms in total. The number of halogens is 1. The van der Waals surface area contributed by atoms with Gasteiger partial charge in [-0.3, -0.25) is 4.98 Å². The lowest BCUT2D eigenvalue weighted by Crippen LogP contribution is -2.09. The Morgan fingerprint density at radius 1 is 1.19 bits per heavy atom. The zero-order chi connectivity index (χ0) is 21.4. The molecule has 0 aliphatic rings. The molecular formula is C23H22ClN7. The zero-order valence-electron chi connectivity index (χ0n) is 17.3. The molecule has 4 heterocycles. The number of aromatic amines is 1. The molecule has 0 atom stereocenters. The van der Waals surface area contributed by atoms with Crippen LogP contribution in [-0.2, 0) is 6.42 Å². The van der Waals surface area contributed by atoms with Gasteiger partial charge in [-0.25, -0.2) is 15.0 Å². The molecule has 0 fully saturated rings. The molecule has 8 heteroatoms. The van der Waals surface area contributed by atoms with E-state index in [1.165, 1.54) is 5.56 Å². The highest BCUT2D eigenvalue weighted by Gasteiger charge is 2.16. The number of nitrogens with zero attached hydrogens (tertiary/aromatic N) is 5. The van der Waals surface area contributed by atoms with Gasteiger partial charge >= 0.3 is 0 Å². The van der Waals surface area contributed by atoms with Crippen LogP contribution < -0.4 is 5.32 Å². The highest BCUT2D eigenvalue weighted by Crippen LogP contribution is 2.26. The third kappa shape index (κ3) is 3.72. The fraction of sp³-hybridized carbons (Fsp3) is 0.217. The number of imidazole rings is 1. The minimum Gasteiger partial charge on any atom is -0.368 e. The van der Waals surface area contributed by atoms with E-state index in [1.54, 1.807) is 12.4 Å². The van der Waals surface area contributed by atoms with Gasteiger partial charge in [0.15, 0.2) is 17.3 Å². The molecule has 0 radical (unpaired) electrons. The first-order chi connectivity index (χ1) is 15.1. The van der Waals surface area contributed by atoms with Gasteiger partial charge in [-0.15, -0.1) is 0 Å². The number of aromatic nitrogens is 6. The predicted octanol–water partition coefficient (Wildman–Crippen LogP) is 5.26. The summed E-state index contributed by atoms with van der Waals surface area (Å²) in [6.07, 6.45) is 8.19. The Kier molecular flexibility index (Phi) is 5.03. The highest BCUT2D eigenvalue weighted by atomic mass is 35.5. The van der Waals surface area contributed by atoms with E-state index in [9.17, 15) is 0 Å². The molecule has 4 aromatic heterocycles. The number of H-pyrrole nitrogens is 1. The van der Waals surface area contributed by atoms with Crippen LogP contribution in [0.25, 0.3) is 33.5 Å². The third-order valence-electron chi connectivity index (χ3n) is 5.31.